The molecular weight excluding hydrogens is 293 g/mol. The number of halogens is 1. The molecule has 4 nitrogen and oxygen atoms in total. The molecule has 0 saturated heterocycles. The van der Waals surface area contributed by atoms with Crippen molar-refractivity contribution in [3.8, 4) is 0 Å². The first-order valence-corrected chi connectivity index (χ1v) is 7.55. The molecule has 0 saturated carbocycles. The van der Waals surface area contributed by atoms with E-state index in [1.54, 1.807) is 18.3 Å². The SMILES string of the molecule is OC[C@H](CNc1cnc2ccccc2n1)Cc1ccc(F)cc1. The average molecular weight is 311 g/mol. The second kappa shape index (κ2) is 7.15. The van der Waals surface area contributed by atoms with Crippen LogP contribution in [-0.2, 0) is 6.42 Å². The number of nitrogens with one attached hydrogen (secondary N) is 1. The molecular formula is C18H18FN3O. The van der Waals surface area contributed by atoms with Crippen LogP contribution >= 0.6 is 0 Å². The molecule has 0 fully saturated rings. The number of para-hydroxylation sites is 2. The van der Waals surface area contributed by atoms with Crippen LogP contribution in [0.1, 0.15) is 5.56 Å². The van der Waals surface area contributed by atoms with Gasteiger partial charge in [-0.1, -0.05) is 24.3 Å². The molecule has 1 atom stereocenters. The van der Waals surface area contributed by atoms with E-state index in [0.29, 0.717) is 18.8 Å². The Kier molecular flexibility index (Phi) is 4.78. The van der Waals surface area contributed by atoms with Crippen molar-refractivity contribution < 1.29 is 9.50 Å². The molecule has 0 unspecified atom stereocenters. The third-order valence-electron chi connectivity index (χ3n) is 3.72. The molecule has 0 aliphatic rings. The van der Waals surface area contributed by atoms with Crippen LogP contribution in [0.25, 0.3) is 11.0 Å². The summed E-state index contributed by atoms with van der Waals surface area (Å²) in [5.74, 6) is 0.453. The number of aliphatic hydroxyl groups is 1. The summed E-state index contributed by atoms with van der Waals surface area (Å²) in [5, 5.41) is 12.8. The normalized spacial score (nSPS) is 12.3. The molecule has 1 heterocycles. The Balaban J connectivity index is 1.63. The summed E-state index contributed by atoms with van der Waals surface area (Å²) in [7, 11) is 0. The van der Waals surface area contributed by atoms with Gasteiger partial charge in [0, 0.05) is 19.1 Å². The highest BCUT2D eigenvalue weighted by Crippen LogP contribution is 2.14. The maximum absolute atomic E-state index is 12.9. The smallest absolute Gasteiger partial charge is 0.145 e. The van der Waals surface area contributed by atoms with E-state index in [1.807, 2.05) is 24.3 Å². The van der Waals surface area contributed by atoms with Gasteiger partial charge in [-0.3, -0.25) is 4.98 Å². The lowest BCUT2D eigenvalue weighted by molar-refractivity contribution is 0.232. The third-order valence-corrected chi connectivity index (χ3v) is 3.72. The van der Waals surface area contributed by atoms with Gasteiger partial charge in [-0.15, -0.1) is 0 Å². The summed E-state index contributed by atoms with van der Waals surface area (Å²) in [6.45, 7) is 0.617. The van der Waals surface area contributed by atoms with E-state index < -0.39 is 0 Å². The lowest BCUT2D eigenvalue weighted by Crippen LogP contribution is -2.20. The molecule has 3 rings (SSSR count). The third kappa shape index (κ3) is 4.02. The van der Waals surface area contributed by atoms with Gasteiger partial charge in [-0.25, -0.2) is 9.37 Å². The minimum atomic E-state index is -0.251. The highest BCUT2D eigenvalue weighted by molar-refractivity contribution is 5.75. The quantitative estimate of drug-likeness (QED) is 0.734. The highest BCUT2D eigenvalue weighted by Gasteiger charge is 2.09. The maximum Gasteiger partial charge on any atom is 0.145 e. The number of hydrogen-bond acceptors (Lipinski definition) is 4. The highest BCUT2D eigenvalue weighted by atomic mass is 19.1. The molecule has 5 heteroatoms. The Bertz CT molecular complexity index is 777. The molecule has 0 amide bonds. The molecule has 0 aliphatic heterocycles. The molecule has 2 aromatic carbocycles. The fourth-order valence-electron chi connectivity index (χ4n) is 2.45. The minimum absolute atomic E-state index is 0.0220. The monoisotopic (exact) mass is 311 g/mol. The summed E-state index contributed by atoms with van der Waals surface area (Å²) in [4.78, 5) is 8.84. The lowest BCUT2D eigenvalue weighted by Gasteiger charge is -2.15. The van der Waals surface area contributed by atoms with Gasteiger partial charge in [0.1, 0.15) is 11.6 Å². The minimum Gasteiger partial charge on any atom is -0.396 e. The second-order valence-electron chi connectivity index (χ2n) is 5.50. The Morgan fingerprint density at radius 2 is 1.78 bits per heavy atom. The van der Waals surface area contributed by atoms with Crippen LogP contribution in [0.15, 0.2) is 54.7 Å². The van der Waals surface area contributed by atoms with Crippen molar-refractivity contribution in [3.05, 3.63) is 66.1 Å². The van der Waals surface area contributed by atoms with Crippen molar-refractivity contribution in [2.75, 3.05) is 18.5 Å². The average Bonchev–Trinajstić information content (AvgIpc) is 2.60. The fraction of sp³-hybridized carbons (Fsp3) is 0.222. The summed E-state index contributed by atoms with van der Waals surface area (Å²) >= 11 is 0. The van der Waals surface area contributed by atoms with Crippen molar-refractivity contribution in [1.29, 1.82) is 0 Å². The molecule has 2 N–H and O–H groups in total. The molecule has 0 radical (unpaired) electrons. The molecule has 3 aromatic rings. The number of hydrogen-bond donors (Lipinski definition) is 2. The number of nitrogens with zero attached hydrogens (tertiary/aromatic N) is 2. The molecule has 1 aromatic heterocycles. The number of aliphatic hydroxyl groups excluding tert-OH is 1. The van der Waals surface area contributed by atoms with Crippen LogP contribution in [-0.4, -0.2) is 28.2 Å². The maximum atomic E-state index is 12.9. The summed E-state index contributed by atoms with van der Waals surface area (Å²) in [5.41, 5.74) is 2.68. The van der Waals surface area contributed by atoms with Gasteiger partial charge in [-0.2, -0.15) is 0 Å². The largest absolute Gasteiger partial charge is 0.396 e. The van der Waals surface area contributed by atoms with E-state index in [2.05, 4.69) is 15.3 Å². The molecule has 0 spiro atoms. The van der Waals surface area contributed by atoms with E-state index in [0.717, 1.165) is 16.6 Å². The van der Waals surface area contributed by atoms with Crippen molar-refractivity contribution >= 4 is 16.9 Å². The van der Waals surface area contributed by atoms with Gasteiger partial charge in [0.15, 0.2) is 0 Å². The summed E-state index contributed by atoms with van der Waals surface area (Å²) in [6.07, 6.45) is 2.36. The first kappa shape index (κ1) is 15.4. The topological polar surface area (TPSA) is 58.0 Å². The van der Waals surface area contributed by atoms with E-state index >= 15 is 0 Å². The number of fused-ring (bicyclic) bond motifs is 1. The van der Waals surface area contributed by atoms with Crippen molar-refractivity contribution in [2.45, 2.75) is 6.42 Å². The summed E-state index contributed by atoms with van der Waals surface area (Å²) in [6, 6.07) is 14.0. The zero-order valence-corrected chi connectivity index (χ0v) is 12.6. The first-order chi connectivity index (χ1) is 11.2. The molecule has 118 valence electrons. The van der Waals surface area contributed by atoms with Crippen molar-refractivity contribution in [1.82, 2.24) is 9.97 Å². The fourth-order valence-corrected chi connectivity index (χ4v) is 2.45. The zero-order chi connectivity index (χ0) is 16.1. The first-order valence-electron chi connectivity index (χ1n) is 7.55. The lowest BCUT2D eigenvalue weighted by atomic mass is 10.00. The number of rotatable bonds is 6. The predicted molar refractivity (Wildman–Crippen MR) is 88.7 cm³/mol. The van der Waals surface area contributed by atoms with Gasteiger partial charge in [0.2, 0.25) is 0 Å². The summed E-state index contributed by atoms with van der Waals surface area (Å²) < 4.78 is 12.9. The molecule has 0 aliphatic carbocycles. The number of anilines is 1. The Morgan fingerprint density at radius 1 is 1.04 bits per heavy atom. The van der Waals surface area contributed by atoms with Crippen LogP contribution < -0.4 is 5.32 Å². The van der Waals surface area contributed by atoms with E-state index in [-0.39, 0.29) is 18.3 Å². The van der Waals surface area contributed by atoms with Gasteiger partial charge in [0.25, 0.3) is 0 Å². The van der Waals surface area contributed by atoms with Crippen LogP contribution in [0, 0.1) is 11.7 Å². The van der Waals surface area contributed by atoms with Gasteiger partial charge in [0.05, 0.1) is 17.2 Å². The van der Waals surface area contributed by atoms with Gasteiger partial charge in [-0.05, 0) is 36.2 Å². The van der Waals surface area contributed by atoms with Gasteiger partial charge >= 0.3 is 0 Å². The van der Waals surface area contributed by atoms with Gasteiger partial charge < -0.3 is 10.4 Å². The van der Waals surface area contributed by atoms with Crippen molar-refractivity contribution in [2.24, 2.45) is 5.92 Å². The Morgan fingerprint density at radius 3 is 2.52 bits per heavy atom. The second-order valence-corrected chi connectivity index (χ2v) is 5.50. The standard InChI is InChI=1S/C18H18FN3O/c19-15-7-5-13(6-8-15)9-14(12-23)10-21-18-11-20-16-3-1-2-4-17(16)22-18/h1-8,11,14,23H,9-10,12H2,(H,21,22)/t14-/m0/s1. The van der Waals surface area contributed by atoms with E-state index in [1.165, 1.54) is 12.1 Å². The number of aromatic nitrogens is 2. The Labute approximate surface area is 134 Å². The number of benzene rings is 2. The Hall–Kier alpha value is -2.53. The van der Waals surface area contributed by atoms with E-state index in [9.17, 15) is 9.50 Å². The molecule has 23 heavy (non-hydrogen) atoms. The van der Waals surface area contributed by atoms with Crippen LogP contribution in [0.4, 0.5) is 10.2 Å². The van der Waals surface area contributed by atoms with Crippen LogP contribution in [0.2, 0.25) is 0 Å². The zero-order valence-electron chi connectivity index (χ0n) is 12.6. The van der Waals surface area contributed by atoms with E-state index in [4.69, 9.17) is 0 Å². The van der Waals surface area contributed by atoms with Crippen LogP contribution in [0.5, 0.6) is 0 Å². The molecule has 0 bridgehead atoms. The predicted octanol–water partition coefficient (Wildman–Crippen LogP) is 3.03. The van der Waals surface area contributed by atoms with Crippen LogP contribution in [0.3, 0.4) is 0 Å². The van der Waals surface area contributed by atoms with Crippen molar-refractivity contribution in [3.63, 3.8) is 0 Å².